The molecule has 3 N–H and O–H groups in total. The zero-order valence-electron chi connectivity index (χ0n) is 18.8. The van der Waals surface area contributed by atoms with Gasteiger partial charge in [0.25, 0.3) is 0 Å². The molecule has 2 saturated heterocycles. The van der Waals surface area contributed by atoms with Gasteiger partial charge in [-0.1, -0.05) is 0 Å². The first-order valence-corrected chi connectivity index (χ1v) is 9.93. The third kappa shape index (κ3) is 7.01. The molecule has 2 rings (SSSR count). The number of aliphatic carboxylic acids is 1. The van der Waals surface area contributed by atoms with Crippen molar-refractivity contribution >= 4 is 18.0 Å². The van der Waals surface area contributed by atoms with Crippen molar-refractivity contribution in [2.75, 3.05) is 7.11 Å². The van der Waals surface area contributed by atoms with Crippen LogP contribution in [0, 0.1) is 0 Å². The number of carboxylic acids is 1. The molecule has 178 valence electrons. The number of methoxy groups -OCH3 is 1. The highest BCUT2D eigenvalue weighted by molar-refractivity contribution is 5.77. The standard InChI is InChI=1S/C19H32N2O10/c1-9(15(23)24)31-21-11(22)8-10(20-17(25)30-18(2,3)4)12-13(26-7)14-16(27-12)29-19(5,6)28-14/h9-10,12-14,16H,8H2,1-7H3,(H,20,25)(H,21,22)(H,23,24)/t9-,10+,12-,13+,14-,16-/m1/s1. The van der Waals surface area contributed by atoms with E-state index in [0.717, 1.165) is 0 Å². The van der Waals surface area contributed by atoms with Crippen molar-refractivity contribution in [2.24, 2.45) is 0 Å². The summed E-state index contributed by atoms with van der Waals surface area (Å²) in [6.45, 7) is 9.84. The summed E-state index contributed by atoms with van der Waals surface area (Å²) in [5.74, 6) is -2.79. The molecule has 0 radical (unpaired) electrons. The Kier molecular flexibility index (Phi) is 7.87. The summed E-state index contributed by atoms with van der Waals surface area (Å²) in [5, 5.41) is 11.5. The summed E-state index contributed by atoms with van der Waals surface area (Å²) in [7, 11) is 1.46. The second kappa shape index (κ2) is 9.65. The number of alkyl carbamates (subject to hydrolysis) is 1. The van der Waals surface area contributed by atoms with E-state index in [1.165, 1.54) is 14.0 Å². The molecule has 0 unspecified atom stereocenters. The molecule has 12 heteroatoms. The van der Waals surface area contributed by atoms with Gasteiger partial charge in [0.1, 0.15) is 23.9 Å². The Morgan fingerprint density at radius 1 is 1.19 bits per heavy atom. The van der Waals surface area contributed by atoms with Crippen molar-refractivity contribution in [1.29, 1.82) is 0 Å². The van der Waals surface area contributed by atoms with Gasteiger partial charge in [0.05, 0.1) is 12.5 Å². The Bertz CT molecular complexity index is 677. The molecule has 2 fully saturated rings. The average molecular weight is 448 g/mol. The van der Waals surface area contributed by atoms with Gasteiger partial charge in [-0.2, -0.15) is 0 Å². The van der Waals surface area contributed by atoms with E-state index >= 15 is 0 Å². The van der Waals surface area contributed by atoms with Gasteiger partial charge in [-0.25, -0.2) is 15.1 Å². The average Bonchev–Trinajstić information content (AvgIpc) is 3.08. The van der Waals surface area contributed by atoms with Gasteiger partial charge in [-0.05, 0) is 41.5 Å². The normalized spacial score (nSPS) is 29.0. The van der Waals surface area contributed by atoms with Gasteiger partial charge >= 0.3 is 12.1 Å². The van der Waals surface area contributed by atoms with Crippen LogP contribution in [0.1, 0.15) is 48.0 Å². The number of hydrogen-bond donors (Lipinski definition) is 3. The fourth-order valence-electron chi connectivity index (χ4n) is 3.25. The van der Waals surface area contributed by atoms with E-state index in [0.29, 0.717) is 0 Å². The van der Waals surface area contributed by atoms with Crippen LogP contribution in [0.3, 0.4) is 0 Å². The van der Waals surface area contributed by atoms with E-state index in [-0.39, 0.29) is 6.42 Å². The SMILES string of the molecule is CO[C@@H]1[C@H]2OC(C)(C)O[C@H]2O[C@@H]1[C@H](CC(=O)NO[C@H](C)C(=O)O)NC(=O)OC(C)(C)C. The fourth-order valence-corrected chi connectivity index (χ4v) is 3.25. The molecule has 0 aromatic carbocycles. The van der Waals surface area contributed by atoms with Crippen molar-refractivity contribution in [1.82, 2.24) is 10.8 Å². The summed E-state index contributed by atoms with van der Waals surface area (Å²) in [4.78, 5) is 40.4. The molecule has 2 aliphatic heterocycles. The second-order valence-electron chi connectivity index (χ2n) is 8.85. The third-order valence-corrected chi connectivity index (χ3v) is 4.50. The van der Waals surface area contributed by atoms with Crippen molar-refractivity contribution < 1.29 is 48.0 Å². The van der Waals surface area contributed by atoms with E-state index < -0.39 is 66.1 Å². The summed E-state index contributed by atoms with van der Waals surface area (Å²) < 4.78 is 28.3. The largest absolute Gasteiger partial charge is 0.479 e. The second-order valence-corrected chi connectivity index (χ2v) is 8.85. The molecule has 6 atom stereocenters. The number of ether oxygens (including phenoxy) is 5. The Balaban J connectivity index is 2.12. The first-order valence-electron chi connectivity index (χ1n) is 9.93. The van der Waals surface area contributed by atoms with Crippen molar-refractivity contribution in [2.45, 2.75) is 96.1 Å². The molecular weight excluding hydrogens is 416 g/mol. The smallest absolute Gasteiger partial charge is 0.407 e. The Morgan fingerprint density at radius 2 is 1.84 bits per heavy atom. The van der Waals surface area contributed by atoms with Gasteiger partial charge in [0, 0.05) is 7.11 Å². The van der Waals surface area contributed by atoms with E-state index in [1.807, 2.05) is 0 Å². The summed E-state index contributed by atoms with van der Waals surface area (Å²) in [6, 6.07) is -0.913. The minimum absolute atomic E-state index is 0.307. The number of hydrogen-bond acceptors (Lipinski definition) is 9. The number of amides is 2. The number of carbonyl (C=O) groups excluding carboxylic acids is 2. The van der Waals surface area contributed by atoms with Gasteiger partial charge in [-0.3, -0.25) is 9.63 Å². The van der Waals surface area contributed by atoms with Crippen molar-refractivity contribution in [3.63, 3.8) is 0 Å². The molecule has 0 spiro atoms. The Labute approximate surface area is 180 Å². The first kappa shape index (κ1) is 25.3. The molecule has 2 aliphatic rings. The Morgan fingerprint density at radius 3 is 2.39 bits per heavy atom. The Hall–Kier alpha value is -1.99. The number of nitrogens with one attached hydrogen (secondary N) is 2. The minimum Gasteiger partial charge on any atom is -0.479 e. The fraction of sp³-hybridized carbons (Fsp3) is 0.842. The summed E-state index contributed by atoms with van der Waals surface area (Å²) in [6.07, 6.45) is -5.11. The minimum atomic E-state index is -1.25. The van der Waals surface area contributed by atoms with Gasteiger partial charge in [-0.15, -0.1) is 0 Å². The molecule has 0 aromatic heterocycles. The quantitative estimate of drug-likeness (QED) is 0.452. The maximum absolute atomic E-state index is 12.4. The number of hydroxylamine groups is 1. The molecule has 0 bridgehead atoms. The van der Waals surface area contributed by atoms with Gasteiger partial charge in [0.2, 0.25) is 5.91 Å². The maximum atomic E-state index is 12.4. The zero-order valence-corrected chi connectivity index (χ0v) is 18.8. The molecule has 12 nitrogen and oxygen atoms in total. The van der Waals surface area contributed by atoms with Crippen LogP contribution in [-0.4, -0.2) is 78.3 Å². The van der Waals surface area contributed by atoms with Crippen LogP contribution in [-0.2, 0) is 38.1 Å². The summed E-state index contributed by atoms with van der Waals surface area (Å²) in [5.41, 5.74) is 1.30. The number of carboxylic acid groups (broad SMARTS) is 1. The van der Waals surface area contributed by atoms with Crippen molar-refractivity contribution in [3.8, 4) is 0 Å². The van der Waals surface area contributed by atoms with Gasteiger partial charge in [0.15, 0.2) is 18.2 Å². The van der Waals surface area contributed by atoms with Crippen LogP contribution in [0.25, 0.3) is 0 Å². The molecule has 0 saturated carbocycles. The molecule has 0 aromatic rings. The third-order valence-electron chi connectivity index (χ3n) is 4.50. The van der Waals surface area contributed by atoms with Gasteiger partial charge < -0.3 is 34.1 Å². The highest BCUT2D eigenvalue weighted by Crippen LogP contribution is 2.39. The highest BCUT2D eigenvalue weighted by atomic mass is 16.8. The molecule has 0 aliphatic carbocycles. The lowest BCUT2D eigenvalue weighted by molar-refractivity contribution is -0.220. The van der Waals surface area contributed by atoms with E-state index in [4.69, 9.17) is 33.6 Å². The maximum Gasteiger partial charge on any atom is 0.407 e. The first-order chi connectivity index (χ1) is 14.2. The topological polar surface area (TPSA) is 151 Å². The van der Waals surface area contributed by atoms with Crippen LogP contribution in [0.4, 0.5) is 4.79 Å². The lowest BCUT2D eigenvalue weighted by Gasteiger charge is -2.31. The van der Waals surface area contributed by atoms with Crippen LogP contribution in [0.2, 0.25) is 0 Å². The molecule has 31 heavy (non-hydrogen) atoms. The van der Waals surface area contributed by atoms with E-state index in [9.17, 15) is 14.4 Å². The highest BCUT2D eigenvalue weighted by Gasteiger charge is 2.57. The van der Waals surface area contributed by atoms with Crippen LogP contribution >= 0.6 is 0 Å². The van der Waals surface area contributed by atoms with E-state index in [1.54, 1.807) is 34.6 Å². The molecule has 2 heterocycles. The number of rotatable bonds is 8. The van der Waals surface area contributed by atoms with Crippen molar-refractivity contribution in [3.05, 3.63) is 0 Å². The predicted molar refractivity (Wildman–Crippen MR) is 104 cm³/mol. The van der Waals surface area contributed by atoms with Crippen LogP contribution < -0.4 is 10.8 Å². The predicted octanol–water partition coefficient (Wildman–Crippen LogP) is 0.682. The van der Waals surface area contributed by atoms with Crippen LogP contribution in [0.15, 0.2) is 0 Å². The molecule has 2 amide bonds. The van der Waals surface area contributed by atoms with E-state index in [2.05, 4.69) is 10.8 Å². The number of fused-ring (bicyclic) bond motifs is 1. The summed E-state index contributed by atoms with van der Waals surface area (Å²) >= 11 is 0. The monoisotopic (exact) mass is 448 g/mol. The zero-order chi connectivity index (χ0) is 23.6. The molecular formula is C19H32N2O10. The number of carbonyl (C=O) groups is 3. The lowest BCUT2D eigenvalue weighted by Crippen LogP contribution is -2.53. The lowest BCUT2D eigenvalue weighted by atomic mass is 10.0. The van der Waals surface area contributed by atoms with Crippen LogP contribution in [0.5, 0.6) is 0 Å².